The molecule has 0 radical (unpaired) electrons. The number of nitrogens with one attached hydrogen (secondary N) is 3. The molecule has 0 spiro atoms. The highest BCUT2D eigenvalue weighted by molar-refractivity contribution is 5.74. The van der Waals surface area contributed by atoms with Gasteiger partial charge in [-0.25, -0.2) is 0 Å². The van der Waals surface area contributed by atoms with Crippen LogP contribution in [0, 0.1) is 0 Å². The van der Waals surface area contributed by atoms with Crippen molar-refractivity contribution in [1.29, 1.82) is 0 Å². The molecule has 0 saturated carbocycles. The Bertz CT molecular complexity index is 1850. The molecule has 1 unspecified atom stereocenters. The molecule has 0 aliphatic carbocycles. The Morgan fingerprint density at radius 2 is 0.787 bits per heavy atom. The molecule has 75 heavy (non-hydrogen) atoms. The highest BCUT2D eigenvalue weighted by Gasteiger charge is 2.58. The fraction of sp³-hybridized carbons (Fsp3) is 0.929. The average molecular weight is 1100 g/mol. The zero-order chi connectivity index (χ0) is 55.5. The summed E-state index contributed by atoms with van der Waals surface area (Å²) < 4.78 is 63.6. The van der Waals surface area contributed by atoms with Crippen LogP contribution in [-0.2, 0) is 66.5 Å². The van der Waals surface area contributed by atoms with Crippen LogP contribution in [0.5, 0.6) is 0 Å². The van der Waals surface area contributed by atoms with E-state index in [0.29, 0.717) is 0 Å². The number of hydrogen-bond donors (Lipinski definition) is 19. The molecule has 6 aliphatic heterocycles. The SMILES string of the molecule is CC(=O)N[C@H]1[C@H](OC[C@H]2OC(O)[C@H](NC(C)=O)[C@@H](O[C@@H]3O[C@H](CO)[C@H](O)[C@H](O[C@@H]4O[C@H](CO)[C@@H](O)[C@H](O[C@@H]5O[C@H](CO)[C@H](O)[C@H](O)[C@H]5O[C@@H]5O[C@@H](C)[C@@H](O)[C@@H](O)[C@@H]5O)[C@H]4NC(C)=O)[C@H]3O)[C@H]2O)O[C@H](CO)[C@@H](O)[C@@H]1O. The third kappa shape index (κ3) is 13.7. The van der Waals surface area contributed by atoms with Crippen LogP contribution < -0.4 is 16.0 Å². The first-order valence-electron chi connectivity index (χ1n) is 23.9. The number of aliphatic hydroxyl groups is 16. The average Bonchev–Trinajstić information content (AvgIpc) is 3.36. The van der Waals surface area contributed by atoms with Gasteiger partial charge in [0.25, 0.3) is 0 Å². The van der Waals surface area contributed by atoms with E-state index < -0.39 is 235 Å². The predicted octanol–water partition coefficient (Wildman–Crippen LogP) is -12.6. The second-order valence-corrected chi connectivity index (χ2v) is 19.0. The molecule has 6 heterocycles. The molecule has 0 aromatic rings. The van der Waals surface area contributed by atoms with Gasteiger partial charge in [0, 0.05) is 20.8 Å². The summed E-state index contributed by atoms with van der Waals surface area (Å²) in [4.78, 5) is 37.2. The van der Waals surface area contributed by atoms with Crippen LogP contribution in [0.4, 0.5) is 0 Å². The van der Waals surface area contributed by atoms with E-state index in [1.54, 1.807) is 0 Å². The van der Waals surface area contributed by atoms with Gasteiger partial charge in [0.15, 0.2) is 37.7 Å². The van der Waals surface area contributed by atoms with E-state index >= 15 is 0 Å². The number of amides is 3. The van der Waals surface area contributed by atoms with Crippen LogP contribution in [0.2, 0.25) is 0 Å². The maximum atomic E-state index is 12.9. The molecule has 33 nitrogen and oxygen atoms in total. The Hall–Kier alpha value is -2.67. The lowest BCUT2D eigenvalue weighted by Gasteiger charge is -2.51. The zero-order valence-electron chi connectivity index (χ0n) is 40.7. The zero-order valence-corrected chi connectivity index (χ0v) is 40.7. The second kappa shape index (κ2) is 26.5. The van der Waals surface area contributed by atoms with Crippen LogP contribution in [0.15, 0.2) is 0 Å². The third-order valence-electron chi connectivity index (χ3n) is 13.6. The van der Waals surface area contributed by atoms with Crippen molar-refractivity contribution in [2.75, 3.05) is 33.0 Å². The van der Waals surface area contributed by atoms with Gasteiger partial charge >= 0.3 is 0 Å². The molecule has 6 fully saturated rings. The third-order valence-corrected chi connectivity index (χ3v) is 13.6. The topological polar surface area (TPSA) is 513 Å². The summed E-state index contributed by atoms with van der Waals surface area (Å²) in [5.74, 6) is -2.37. The van der Waals surface area contributed by atoms with Crippen LogP contribution in [0.25, 0.3) is 0 Å². The molecule has 3 amide bonds. The number of ether oxygens (including phenoxy) is 11. The lowest BCUT2D eigenvalue weighted by atomic mass is 9.94. The van der Waals surface area contributed by atoms with Crippen molar-refractivity contribution in [3.8, 4) is 0 Å². The predicted molar refractivity (Wildman–Crippen MR) is 233 cm³/mol. The molecule has 6 saturated heterocycles. The van der Waals surface area contributed by atoms with Gasteiger partial charge in [0.05, 0.1) is 39.1 Å². The first-order chi connectivity index (χ1) is 35.4. The molecule has 0 aromatic heterocycles. The van der Waals surface area contributed by atoms with Crippen molar-refractivity contribution >= 4 is 17.7 Å². The van der Waals surface area contributed by atoms with Crippen molar-refractivity contribution in [3.63, 3.8) is 0 Å². The van der Waals surface area contributed by atoms with E-state index in [-0.39, 0.29) is 0 Å². The number of carbonyl (C=O) groups is 3. The molecule has 19 N–H and O–H groups in total. The number of carbonyl (C=O) groups excluding carboxylic acids is 3. The fourth-order valence-corrected chi connectivity index (χ4v) is 9.54. The first-order valence-corrected chi connectivity index (χ1v) is 23.9. The van der Waals surface area contributed by atoms with Crippen molar-refractivity contribution < 1.29 is 148 Å². The minimum absolute atomic E-state index is 0.693. The molecular formula is C42H71N3O30. The lowest BCUT2D eigenvalue weighted by molar-refractivity contribution is -0.388. The fourth-order valence-electron chi connectivity index (χ4n) is 9.54. The Labute approximate surface area is 426 Å². The summed E-state index contributed by atoms with van der Waals surface area (Å²) in [6.07, 6.45) is -50.0. The quantitative estimate of drug-likeness (QED) is 0.0606. The maximum Gasteiger partial charge on any atom is 0.217 e. The van der Waals surface area contributed by atoms with Gasteiger partial charge in [0.2, 0.25) is 17.7 Å². The van der Waals surface area contributed by atoms with Crippen molar-refractivity contribution in [1.82, 2.24) is 16.0 Å². The van der Waals surface area contributed by atoms with Gasteiger partial charge in [-0.15, -0.1) is 0 Å². The molecule has 0 bridgehead atoms. The van der Waals surface area contributed by atoms with Gasteiger partial charge in [0.1, 0.15) is 140 Å². The normalized spacial score (nSPS) is 48.6. The second-order valence-electron chi connectivity index (χ2n) is 19.0. The van der Waals surface area contributed by atoms with Gasteiger partial charge in [-0.3, -0.25) is 14.4 Å². The van der Waals surface area contributed by atoms with Crippen molar-refractivity contribution in [2.24, 2.45) is 0 Å². The first kappa shape index (κ1) is 61.5. The lowest BCUT2D eigenvalue weighted by Crippen LogP contribution is -2.71. The molecule has 30 atom stereocenters. The Morgan fingerprint density at radius 3 is 1.36 bits per heavy atom. The largest absolute Gasteiger partial charge is 0.394 e. The summed E-state index contributed by atoms with van der Waals surface area (Å²) in [6.45, 7) is -0.180. The van der Waals surface area contributed by atoms with Crippen molar-refractivity contribution in [2.45, 2.75) is 212 Å². The molecule has 0 aromatic carbocycles. The summed E-state index contributed by atoms with van der Waals surface area (Å²) >= 11 is 0. The van der Waals surface area contributed by atoms with Crippen LogP contribution >= 0.6 is 0 Å². The van der Waals surface area contributed by atoms with Crippen LogP contribution in [-0.4, -0.2) is 317 Å². The molecule has 6 rings (SSSR count). The summed E-state index contributed by atoms with van der Waals surface area (Å²) in [7, 11) is 0. The van der Waals surface area contributed by atoms with Gasteiger partial charge in [-0.2, -0.15) is 0 Å². The highest BCUT2D eigenvalue weighted by atomic mass is 16.8. The summed E-state index contributed by atoms with van der Waals surface area (Å²) in [6, 6.07) is -4.96. The molecular weight excluding hydrogens is 1030 g/mol. The molecule has 434 valence electrons. The Balaban J connectivity index is 1.26. The smallest absolute Gasteiger partial charge is 0.217 e. The van der Waals surface area contributed by atoms with Gasteiger partial charge in [-0.05, 0) is 6.92 Å². The van der Waals surface area contributed by atoms with E-state index in [2.05, 4.69) is 16.0 Å². The van der Waals surface area contributed by atoms with E-state index in [1.807, 2.05) is 0 Å². The van der Waals surface area contributed by atoms with E-state index in [0.717, 1.165) is 20.8 Å². The van der Waals surface area contributed by atoms with E-state index in [1.165, 1.54) is 6.92 Å². The monoisotopic (exact) mass is 1100 g/mol. The highest BCUT2D eigenvalue weighted by Crippen LogP contribution is 2.36. The Kier molecular flexibility index (Phi) is 21.8. The van der Waals surface area contributed by atoms with E-state index in [9.17, 15) is 96.1 Å². The van der Waals surface area contributed by atoms with Crippen LogP contribution in [0.3, 0.4) is 0 Å². The standard InChI is InChI=1S/C42H71N3O30/c1-10-22(53)29(60)31(62)40(66-10)75-36-30(61)24(55)15(6-47)71-42(36)73-34-21(45-13(4)52)39(69-16(7-48)25(34)56)74-35-26(57)17(8-49)70-41(32(35)63)72-33-20(44-12(3)51)37(64)67-18(27(33)58)9-65-38-19(43-11(2)50)28(59)23(54)14(5-46)68-38/h10,14-42,46-49,53-64H,5-9H2,1-4H3,(H,43,50)(H,44,51)(H,45,52)/t10-,14+,15+,16+,17+,18+,19+,20+,21+,22+,23+,24-,25+,26-,27-,28+,29+,30-,31-,32+,33+,34+,35-,36+,37?,38+,39-,40-,41-,42-/m0/s1. The number of aliphatic hydroxyl groups excluding tert-OH is 16. The minimum Gasteiger partial charge on any atom is -0.394 e. The summed E-state index contributed by atoms with van der Waals surface area (Å²) in [5, 5.41) is 180. The van der Waals surface area contributed by atoms with E-state index in [4.69, 9.17) is 52.1 Å². The number of rotatable bonds is 18. The van der Waals surface area contributed by atoms with Crippen LogP contribution in [0.1, 0.15) is 27.7 Å². The molecule has 6 aliphatic rings. The van der Waals surface area contributed by atoms with Crippen molar-refractivity contribution in [3.05, 3.63) is 0 Å². The minimum atomic E-state index is -2.25. The Morgan fingerprint density at radius 1 is 0.373 bits per heavy atom. The number of hydrogen-bond acceptors (Lipinski definition) is 30. The molecule has 33 heteroatoms. The summed E-state index contributed by atoms with van der Waals surface area (Å²) in [5.41, 5.74) is 0. The maximum absolute atomic E-state index is 12.9. The van der Waals surface area contributed by atoms with Gasteiger partial charge in [-0.1, -0.05) is 0 Å². The van der Waals surface area contributed by atoms with Gasteiger partial charge < -0.3 is 150 Å².